The van der Waals surface area contributed by atoms with Gasteiger partial charge in [-0.1, -0.05) is 29.4 Å². The van der Waals surface area contributed by atoms with Gasteiger partial charge in [-0.15, -0.1) is 0 Å². The Morgan fingerprint density at radius 1 is 0.649 bits per heavy atom. The molecule has 0 bridgehead atoms. The van der Waals surface area contributed by atoms with Crippen LogP contribution in [0.3, 0.4) is 0 Å². The average molecular weight is 537 g/mol. The van der Waals surface area contributed by atoms with Gasteiger partial charge >= 0.3 is 0 Å². The second kappa shape index (κ2) is 8.84. The van der Waals surface area contributed by atoms with E-state index in [0.717, 1.165) is 0 Å². The van der Waals surface area contributed by atoms with Crippen molar-refractivity contribution in [2.45, 2.75) is 9.79 Å². The molecule has 1 aliphatic rings. The zero-order chi connectivity index (χ0) is 26.4. The van der Waals surface area contributed by atoms with E-state index in [2.05, 4.69) is 14.6 Å². The second-order valence-corrected chi connectivity index (χ2v) is 11.6. The van der Waals surface area contributed by atoms with Crippen molar-refractivity contribution < 1.29 is 27.1 Å². The monoisotopic (exact) mass is 536 g/mol. The molecule has 188 valence electrons. The molecule has 4 aromatic rings. The minimum Gasteiger partial charge on any atom is -0.508 e. The van der Waals surface area contributed by atoms with E-state index in [-0.39, 0.29) is 32.6 Å². The Morgan fingerprint density at radius 2 is 1.16 bits per heavy atom. The second-order valence-electron chi connectivity index (χ2n) is 8.25. The standard InChI is InChI=1S/C25H20N4O6S2/c26-15-3-1-4-16(11-15)28-36(32,33)19-7-9-21-22-10-8-20(14-24(22)25(27-31)23(21)13-19)37(34,35)29-17-5-2-6-18(30)12-17/h1-14,28-31H,26H2. The summed E-state index contributed by atoms with van der Waals surface area (Å²) in [5, 5.41) is 22.8. The number of rotatable bonds is 6. The summed E-state index contributed by atoms with van der Waals surface area (Å²) in [6.45, 7) is 0. The largest absolute Gasteiger partial charge is 0.508 e. The molecule has 0 saturated carbocycles. The minimum atomic E-state index is -4.05. The van der Waals surface area contributed by atoms with E-state index in [1.807, 2.05) is 0 Å². The van der Waals surface area contributed by atoms with E-state index in [9.17, 15) is 27.1 Å². The highest BCUT2D eigenvalue weighted by Crippen LogP contribution is 2.39. The van der Waals surface area contributed by atoms with Crippen molar-refractivity contribution in [3.05, 3.63) is 96.1 Å². The third kappa shape index (κ3) is 4.55. The summed E-state index contributed by atoms with van der Waals surface area (Å²) in [4.78, 5) is -0.194. The molecule has 0 atom stereocenters. The maximum atomic E-state index is 13.0. The number of fused-ring (bicyclic) bond motifs is 3. The first-order valence-electron chi connectivity index (χ1n) is 10.8. The van der Waals surface area contributed by atoms with Crippen LogP contribution in [0.25, 0.3) is 11.1 Å². The fourth-order valence-corrected chi connectivity index (χ4v) is 6.25. The van der Waals surface area contributed by atoms with Gasteiger partial charge in [0.05, 0.1) is 21.2 Å². The fourth-order valence-electron chi connectivity index (χ4n) is 4.10. The summed E-state index contributed by atoms with van der Waals surface area (Å²) in [6.07, 6.45) is 0. The summed E-state index contributed by atoms with van der Waals surface area (Å²) in [7, 11) is -8.06. The number of hydrogen-bond donors (Lipinski definition) is 5. The Morgan fingerprint density at radius 3 is 1.65 bits per heavy atom. The van der Waals surface area contributed by atoms with Crippen molar-refractivity contribution in [2.75, 3.05) is 15.2 Å². The molecule has 0 fully saturated rings. The number of anilines is 3. The van der Waals surface area contributed by atoms with Gasteiger partial charge in [0.1, 0.15) is 11.5 Å². The third-order valence-corrected chi connectivity index (χ3v) is 8.50. The molecule has 0 heterocycles. The van der Waals surface area contributed by atoms with E-state index in [1.165, 1.54) is 54.6 Å². The van der Waals surface area contributed by atoms with Crippen LogP contribution in [0.2, 0.25) is 0 Å². The topological polar surface area (TPSA) is 171 Å². The number of benzene rings is 4. The van der Waals surface area contributed by atoms with Gasteiger partial charge in [0.15, 0.2) is 0 Å². The predicted octanol–water partition coefficient (Wildman–Crippen LogP) is 3.78. The molecule has 0 aromatic heterocycles. The average Bonchev–Trinajstić information content (AvgIpc) is 3.16. The molecule has 5 rings (SSSR count). The molecule has 0 spiro atoms. The lowest BCUT2D eigenvalue weighted by molar-refractivity contribution is 0.320. The molecular formula is C25H20N4O6S2. The van der Waals surface area contributed by atoms with Crippen LogP contribution in [0.4, 0.5) is 17.1 Å². The molecule has 12 heteroatoms. The lowest BCUT2D eigenvalue weighted by Gasteiger charge is -2.10. The number of nitrogens with zero attached hydrogens (tertiary/aromatic N) is 1. The first kappa shape index (κ1) is 24.2. The lowest BCUT2D eigenvalue weighted by atomic mass is 10.1. The Bertz CT molecular complexity index is 1670. The van der Waals surface area contributed by atoms with E-state index < -0.39 is 20.0 Å². The zero-order valence-corrected chi connectivity index (χ0v) is 20.6. The van der Waals surface area contributed by atoms with Crippen LogP contribution >= 0.6 is 0 Å². The molecule has 0 radical (unpaired) electrons. The molecular weight excluding hydrogens is 516 g/mol. The van der Waals surface area contributed by atoms with Gasteiger partial charge in [0, 0.05) is 22.9 Å². The Labute approximate surface area is 212 Å². The fraction of sp³-hybridized carbons (Fsp3) is 0. The molecule has 37 heavy (non-hydrogen) atoms. The van der Waals surface area contributed by atoms with Crippen molar-refractivity contribution in [1.29, 1.82) is 0 Å². The first-order valence-corrected chi connectivity index (χ1v) is 13.8. The summed E-state index contributed by atoms with van der Waals surface area (Å²) in [6, 6.07) is 20.6. The summed E-state index contributed by atoms with van der Waals surface area (Å²) in [5.74, 6) is -0.102. The lowest BCUT2D eigenvalue weighted by Crippen LogP contribution is -2.14. The molecule has 0 amide bonds. The Balaban J connectivity index is 1.50. The number of hydrogen-bond acceptors (Lipinski definition) is 8. The minimum absolute atomic E-state index is 0.0282. The molecule has 1 aliphatic carbocycles. The van der Waals surface area contributed by atoms with Crippen LogP contribution in [0, 0.1) is 0 Å². The molecule has 6 N–H and O–H groups in total. The van der Waals surface area contributed by atoms with Gasteiger partial charge in [-0.2, -0.15) is 0 Å². The molecule has 0 aliphatic heterocycles. The van der Waals surface area contributed by atoms with E-state index in [1.54, 1.807) is 30.3 Å². The smallest absolute Gasteiger partial charge is 0.261 e. The SMILES string of the molecule is Nc1cccc(NS(=O)(=O)c2ccc3c(c2)C(=NO)c2cc(S(=O)(=O)Nc4cccc(O)c4)ccc2-3)c1. The normalized spacial score (nSPS) is 13.7. The van der Waals surface area contributed by atoms with Crippen LogP contribution in [0.15, 0.2) is 99.9 Å². The number of aromatic hydroxyl groups is 1. The van der Waals surface area contributed by atoms with E-state index in [4.69, 9.17) is 5.73 Å². The highest BCUT2D eigenvalue weighted by molar-refractivity contribution is 7.93. The van der Waals surface area contributed by atoms with Gasteiger partial charge < -0.3 is 16.0 Å². The molecule has 4 aromatic carbocycles. The van der Waals surface area contributed by atoms with E-state index in [0.29, 0.717) is 27.9 Å². The maximum Gasteiger partial charge on any atom is 0.261 e. The van der Waals surface area contributed by atoms with Crippen molar-refractivity contribution >= 4 is 42.8 Å². The number of nitrogen functional groups attached to an aromatic ring is 1. The summed E-state index contributed by atoms with van der Waals surface area (Å²) < 4.78 is 56.8. The zero-order valence-electron chi connectivity index (χ0n) is 19.0. The highest BCUT2D eigenvalue weighted by Gasteiger charge is 2.30. The Hall–Kier alpha value is -4.55. The summed E-state index contributed by atoms with van der Waals surface area (Å²) in [5.41, 5.74) is 8.40. The van der Waals surface area contributed by atoms with Crippen molar-refractivity contribution in [2.24, 2.45) is 5.16 Å². The highest BCUT2D eigenvalue weighted by atomic mass is 32.2. The number of phenols is 1. The third-order valence-electron chi connectivity index (χ3n) is 5.74. The van der Waals surface area contributed by atoms with Gasteiger partial charge in [0.25, 0.3) is 20.0 Å². The van der Waals surface area contributed by atoms with Crippen molar-refractivity contribution in [1.82, 2.24) is 0 Å². The maximum absolute atomic E-state index is 13.0. The number of nitrogens with one attached hydrogen (secondary N) is 2. The molecule has 0 unspecified atom stereocenters. The number of phenolic OH excluding ortho intramolecular Hbond substituents is 1. The van der Waals surface area contributed by atoms with Gasteiger partial charge in [-0.05, 0) is 65.7 Å². The molecule has 0 saturated heterocycles. The van der Waals surface area contributed by atoms with Gasteiger partial charge in [-0.3, -0.25) is 9.44 Å². The number of sulfonamides is 2. The van der Waals surface area contributed by atoms with Crippen LogP contribution in [-0.2, 0) is 20.0 Å². The van der Waals surface area contributed by atoms with Crippen molar-refractivity contribution in [3.63, 3.8) is 0 Å². The predicted molar refractivity (Wildman–Crippen MR) is 140 cm³/mol. The quantitative estimate of drug-likeness (QED) is 0.125. The van der Waals surface area contributed by atoms with Crippen molar-refractivity contribution in [3.8, 4) is 16.9 Å². The number of nitrogens with two attached hydrogens (primary N) is 1. The van der Waals surface area contributed by atoms with Crippen LogP contribution in [0.1, 0.15) is 11.1 Å². The van der Waals surface area contributed by atoms with Gasteiger partial charge in [0.2, 0.25) is 0 Å². The summed E-state index contributed by atoms with van der Waals surface area (Å²) >= 11 is 0. The van der Waals surface area contributed by atoms with E-state index >= 15 is 0 Å². The van der Waals surface area contributed by atoms with Crippen LogP contribution in [0.5, 0.6) is 5.75 Å². The Kier molecular flexibility index (Phi) is 5.77. The van der Waals surface area contributed by atoms with Gasteiger partial charge in [-0.25, -0.2) is 16.8 Å². The molecule has 10 nitrogen and oxygen atoms in total. The van der Waals surface area contributed by atoms with Crippen LogP contribution < -0.4 is 15.2 Å². The number of oxime groups is 1. The van der Waals surface area contributed by atoms with Crippen LogP contribution in [-0.4, -0.2) is 32.9 Å². The first-order chi connectivity index (χ1) is 17.6.